The van der Waals surface area contributed by atoms with Crippen LogP contribution in [0.5, 0.6) is 0 Å². The Bertz CT molecular complexity index is 895. The molecular formula is C23H31F2N5. The second kappa shape index (κ2) is 9.98. The van der Waals surface area contributed by atoms with Gasteiger partial charge in [-0.3, -0.25) is 4.98 Å². The zero-order valence-corrected chi connectivity index (χ0v) is 18.3. The lowest BCUT2D eigenvalue weighted by atomic mass is 9.98. The second-order valence-corrected chi connectivity index (χ2v) is 7.74. The smallest absolute Gasteiger partial charge is 0.181 e. The molecule has 3 rings (SSSR count). The number of aliphatic imine (C=N–C) groups is 1. The average Bonchev–Trinajstić information content (AvgIpc) is 2.74. The van der Waals surface area contributed by atoms with Crippen LogP contribution < -0.4 is 5.32 Å². The quantitative estimate of drug-likeness (QED) is 0.781. The predicted octanol–water partition coefficient (Wildman–Crippen LogP) is 4.26. The highest BCUT2D eigenvalue weighted by atomic mass is 19.1. The molecule has 0 aromatic carbocycles. The van der Waals surface area contributed by atoms with Gasteiger partial charge in [-0.25, -0.2) is 13.8 Å². The first kappa shape index (κ1) is 22.2. The van der Waals surface area contributed by atoms with Crippen LogP contribution >= 0.6 is 0 Å². The summed E-state index contributed by atoms with van der Waals surface area (Å²) in [5.41, 5.74) is 3.43. The molecule has 1 aromatic rings. The number of hydrogen-bond acceptors (Lipinski definition) is 5. The molecule has 2 aliphatic heterocycles. The van der Waals surface area contributed by atoms with E-state index in [0.29, 0.717) is 30.3 Å². The van der Waals surface area contributed by atoms with Gasteiger partial charge in [0.2, 0.25) is 0 Å². The first-order valence-electron chi connectivity index (χ1n) is 10.7. The van der Waals surface area contributed by atoms with Crippen molar-refractivity contribution >= 4 is 11.4 Å². The molecule has 0 amide bonds. The molecule has 2 aliphatic rings. The van der Waals surface area contributed by atoms with E-state index in [9.17, 15) is 8.78 Å². The van der Waals surface area contributed by atoms with Gasteiger partial charge < -0.3 is 15.1 Å². The fourth-order valence-electron chi connectivity index (χ4n) is 3.62. The van der Waals surface area contributed by atoms with E-state index in [1.165, 1.54) is 18.5 Å². The van der Waals surface area contributed by atoms with E-state index in [4.69, 9.17) is 4.99 Å². The number of hydrogen-bond donors (Lipinski definition) is 1. The van der Waals surface area contributed by atoms with Crippen molar-refractivity contribution in [1.29, 1.82) is 0 Å². The zero-order chi connectivity index (χ0) is 21.7. The molecule has 0 unspecified atom stereocenters. The normalized spacial score (nSPS) is 19.6. The lowest BCUT2D eigenvalue weighted by Crippen LogP contribution is -2.47. The van der Waals surface area contributed by atoms with Gasteiger partial charge in [0.05, 0.1) is 6.20 Å². The molecule has 7 heteroatoms. The van der Waals surface area contributed by atoms with E-state index in [-0.39, 0.29) is 5.83 Å². The van der Waals surface area contributed by atoms with Gasteiger partial charge in [-0.2, -0.15) is 0 Å². The van der Waals surface area contributed by atoms with Crippen LogP contribution in [0.15, 0.2) is 46.8 Å². The molecule has 0 saturated carbocycles. The molecule has 0 atom stereocenters. The third kappa shape index (κ3) is 4.95. The van der Waals surface area contributed by atoms with Crippen LogP contribution in [0, 0.1) is 5.82 Å². The Morgan fingerprint density at radius 1 is 1.23 bits per heavy atom. The van der Waals surface area contributed by atoms with Crippen LogP contribution in [-0.4, -0.2) is 53.8 Å². The van der Waals surface area contributed by atoms with E-state index in [2.05, 4.69) is 24.1 Å². The highest BCUT2D eigenvalue weighted by molar-refractivity contribution is 5.99. The Labute approximate surface area is 177 Å². The maximum absolute atomic E-state index is 14.8. The van der Waals surface area contributed by atoms with Crippen molar-refractivity contribution in [2.75, 3.05) is 33.2 Å². The Kier molecular flexibility index (Phi) is 7.37. The molecule has 0 spiro atoms. The Morgan fingerprint density at radius 3 is 2.63 bits per heavy atom. The molecule has 1 fully saturated rings. The first-order chi connectivity index (χ1) is 14.4. The molecule has 5 nitrogen and oxygen atoms in total. The number of nitrogens with zero attached hydrogens (tertiary/aromatic N) is 4. The van der Waals surface area contributed by atoms with Gasteiger partial charge in [0, 0.05) is 56.3 Å². The number of rotatable bonds is 5. The zero-order valence-electron chi connectivity index (χ0n) is 18.3. The third-order valence-electron chi connectivity index (χ3n) is 5.39. The van der Waals surface area contributed by atoms with Crippen molar-refractivity contribution in [3.63, 3.8) is 0 Å². The fraction of sp³-hybridized carbons (Fsp3) is 0.478. The van der Waals surface area contributed by atoms with Gasteiger partial charge in [0.1, 0.15) is 11.6 Å². The van der Waals surface area contributed by atoms with Crippen molar-refractivity contribution in [1.82, 2.24) is 20.1 Å². The summed E-state index contributed by atoms with van der Waals surface area (Å²) >= 11 is 0. The van der Waals surface area contributed by atoms with Crippen molar-refractivity contribution in [2.45, 2.75) is 40.0 Å². The Hall–Kier alpha value is -2.54. The molecule has 1 saturated heterocycles. The maximum Gasteiger partial charge on any atom is 0.181 e. The van der Waals surface area contributed by atoms with Crippen molar-refractivity contribution in [2.24, 2.45) is 4.99 Å². The summed E-state index contributed by atoms with van der Waals surface area (Å²) in [4.78, 5) is 12.7. The average molecular weight is 416 g/mol. The van der Waals surface area contributed by atoms with Crippen LogP contribution in [0.25, 0.3) is 5.57 Å². The van der Waals surface area contributed by atoms with Crippen LogP contribution in [0.4, 0.5) is 8.78 Å². The standard InChI is InChI=1S/C23H31F2N5/c1-5-7-21-18(13-17(24)14-27-21)19(12-16(3)6-2)22-28-23(20(25)15-29(22)4)30-10-8-26-9-11-30/h12-15,26H,5-11H2,1-4H3/b16-12?,22-19+. The van der Waals surface area contributed by atoms with E-state index < -0.39 is 5.82 Å². The lowest BCUT2D eigenvalue weighted by molar-refractivity contribution is 0.346. The fourth-order valence-corrected chi connectivity index (χ4v) is 3.62. The van der Waals surface area contributed by atoms with E-state index >= 15 is 0 Å². The summed E-state index contributed by atoms with van der Waals surface area (Å²) < 4.78 is 29.0. The van der Waals surface area contributed by atoms with E-state index in [1.807, 2.05) is 17.9 Å². The van der Waals surface area contributed by atoms with Gasteiger partial charge >= 0.3 is 0 Å². The summed E-state index contributed by atoms with van der Waals surface area (Å²) in [6.45, 7) is 9.14. The number of piperazine rings is 1. The molecule has 0 bridgehead atoms. The number of aromatic nitrogens is 1. The van der Waals surface area contributed by atoms with E-state index in [1.54, 1.807) is 11.9 Å². The molecule has 1 N–H and O–H groups in total. The summed E-state index contributed by atoms with van der Waals surface area (Å²) in [6, 6.07) is 1.52. The van der Waals surface area contributed by atoms with Crippen LogP contribution in [-0.2, 0) is 6.42 Å². The topological polar surface area (TPSA) is 43.8 Å². The summed E-state index contributed by atoms with van der Waals surface area (Å²) in [6.07, 6.45) is 7.22. The minimum absolute atomic E-state index is 0.339. The number of halogens is 2. The molecule has 162 valence electrons. The van der Waals surface area contributed by atoms with Gasteiger partial charge in [-0.15, -0.1) is 0 Å². The highest BCUT2D eigenvalue weighted by Gasteiger charge is 2.26. The predicted molar refractivity (Wildman–Crippen MR) is 118 cm³/mol. The number of nitrogens with one attached hydrogen (secondary N) is 1. The minimum atomic E-state index is -0.392. The molecule has 30 heavy (non-hydrogen) atoms. The Balaban J connectivity index is 2.21. The summed E-state index contributed by atoms with van der Waals surface area (Å²) in [5.74, 6) is 0.190. The van der Waals surface area contributed by atoms with Crippen LogP contribution in [0.3, 0.4) is 0 Å². The third-order valence-corrected chi connectivity index (χ3v) is 5.39. The minimum Gasteiger partial charge on any atom is -0.352 e. The second-order valence-electron chi connectivity index (χ2n) is 7.74. The van der Waals surface area contributed by atoms with Crippen LogP contribution in [0.1, 0.15) is 44.9 Å². The van der Waals surface area contributed by atoms with Gasteiger partial charge in [-0.05, 0) is 25.8 Å². The maximum atomic E-state index is 14.8. The number of aryl methyl sites for hydroxylation is 1. The van der Waals surface area contributed by atoms with Gasteiger partial charge in [0.25, 0.3) is 0 Å². The molecule has 0 aliphatic carbocycles. The summed E-state index contributed by atoms with van der Waals surface area (Å²) in [5, 5.41) is 3.28. The van der Waals surface area contributed by atoms with E-state index in [0.717, 1.165) is 49.2 Å². The number of amidine groups is 1. The molecule has 3 heterocycles. The highest BCUT2D eigenvalue weighted by Crippen LogP contribution is 2.31. The largest absolute Gasteiger partial charge is 0.352 e. The van der Waals surface area contributed by atoms with Crippen molar-refractivity contribution in [3.8, 4) is 0 Å². The molecule has 1 aromatic heterocycles. The number of allylic oxidation sites excluding steroid dienone is 3. The molecule has 0 radical (unpaired) electrons. The van der Waals surface area contributed by atoms with Gasteiger partial charge in [-0.1, -0.05) is 31.9 Å². The molecular weight excluding hydrogens is 384 g/mol. The van der Waals surface area contributed by atoms with Crippen molar-refractivity contribution < 1.29 is 8.78 Å². The van der Waals surface area contributed by atoms with Gasteiger partial charge in [0.15, 0.2) is 11.7 Å². The van der Waals surface area contributed by atoms with Crippen molar-refractivity contribution in [3.05, 3.63) is 58.8 Å². The summed E-state index contributed by atoms with van der Waals surface area (Å²) in [7, 11) is 1.77. The number of pyridine rings is 1. The SMILES string of the molecule is CCCc1ncc(F)cc1/C(C=C(C)CC)=C1\N=C(N2CCNCC2)C(F)=CN1C. The monoisotopic (exact) mass is 415 g/mol. The first-order valence-corrected chi connectivity index (χ1v) is 10.7. The lowest BCUT2D eigenvalue weighted by Gasteiger charge is -2.33. The van der Waals surface area contributed by atoms with Crippen LogP contribution in [0.2, 0.25) is 0 Å². The Morgan fingerprint density at radius 2 is 1.97 bits per heavy atom.